The molecule has 0 aliphatic rings. The second-order valence-corrected chi connectivity index (χ2v) is 15.2. The van der Waals surface area contributed by atoms with Crippen LogP contribution in [0.25, 0.3) is 10.4 Å². The number of azide groups is 1. The lowest BCUT2D eigenvalue weighted by Crippen LogP contribution is -2.40. The molecule has 52 heavy (non-hydrogen) atoms. The first-order valence-corrected chi connectivity index (χ1v) is 22.2. The molecule has 0 saturated carbocycles. The van der Waals surface area contributed by atoms with Gasteiger partial charge in [-0.3, -0.25) is 14.1 Å². The standard InChI is InChI=1S/C40H74N3O8P/c1-3-5-7-9-11-13-15-17-19-21-23-25-27-29-31-33-39(44)50-37(35-42-43-41)38(36-49-52(46,47)48)51-40(45)34-32-30-28-26-24-22-20-18-16-14-12-10-8-6-4-2/h12,14,18,20,37-38H,3-11,13,15-17,19,21-36H2,1-2H3,(H2,46,47,48)/b14-12-,20-18-. The Bertz CT molecular complexity index is 1010. The van der Waals surface area contributed by atoms with Gasteiger partial charge in [0.2, 0.25) is 0 Å². The fourth-order valence-electron chi connectivity index (χ4n) is 5.91. The lowest BCUT2D eigenvalue weighted by atomic mass is 10.0. The SMILES string of the molecule is CCCCC/C=C\C/C=C\CCCCCCCC(=O)OC(COP(=O)(O)O)C(CN=[N+]=[N-])OC(=O)CCCCCCCCCCCCCCCCC. The number of esters is 2. The molecule has 302 valence electrons. The van der Waals surface area contributed by atoms with Crippen molar-refractivity contribution in [2.75, 3.05) is 13.2 Å². The van der Waals surface area contributed by atoms with Gasteiger partial charge in [-0.15, -0.1) is 0 Å². The Morgan fingerprint density at radius 3 is 1.44 bits per heavy atom. The fourth-order valence-corrected chi connectivity index (χ4v) is 6.25. The topological polar surface area (TPSA) is 168 Å². The summed E-state index contributed by atoms with van der Waals surface area (Å²) in [5, 5.41) is 3.47. The molecule has 11 nitrogen and oxygen atoms in total. The third kappa shape index (κ3) is 36.2. The first kappa shape index (κ1) is 49.8. The van der Waals surface area contributed by atoms with Gasteiger partial charge in [-0.1, -0.05) is 165 Å². The van der Waals surface area contributed by atoms with Crippen molar-refractivity contribution in [1.82, 2.24) is 0 Å². The Hall–Kier alpha value is -2.16. The van der Waals surface area contributed by atoms with E-state index >= 15 is 0 Å². The maximum absolute atomic E-state index is 12.7. The van der Waals surface area contributed by atoms with Gasteiger partial charge in [0, 0.05) is 17.8 Å². The molecule has 0 heterocycles. The lowest BCUT2D eigenvalue weighted by Gasteiger charge is -2.26. The van der Waals surface area contributed by atoms with E-state index in [0.717, 1.165) is 64.2 Å². The van der Waals surface area contributed by atoms with E-state index in [0.29, 0.717) is 12.8 Å². The molecule has 12 heteroatoms. The molecule has 0 aromatic carbocycles. The predicted octanol–water partition coefficient (Wildman–Crippen LogP) is 12.3. The average molecular weight is 756 g/mol. The Morgan fingerprint density at radius 2 is 1.00 bits per heavy atom. The Balaban J connectivity index is 4.44. The molecule has 0 rings (SSSR count). The van der Waals surface area contributed by atoms with E-state index < -0.39 is 38.6 Å². The van der Waals surface area contributed by atoms with Gasteiger partial charge in [-0.2, -0.15) is 0 Å². The minimum Gasteiger partial charge on any atom is -0.458 e. The third-order valence-corrected chi connectivity index (χ3v) is 9.51. The molecule has 0 bridgehead atoms. The van der Waals surface area contributed by atoms with Gasteiger partial charge in [0.05, 0.1) is 13.2 Å². The molecule has 0 aromatic heterocycles. The normalized spacial score (nSPS) is 13.0. The van der Waals surface area contributed by atoms with Gasteiger partial charge in [0.25, 0.3) is 0 Å². The van der Waals surface area contributed by atoms with E-state index in [2.05, 4.69) is 52.7 Å². The molecule has 0 aliphatic heterocycles. The summed E-state index contributed by atoms with van der Waals surface area (Å²) in [7, 11) is -4.91. The Morgan fingerprint density at radius 1 is 0.615 bits per heavy atom. The zero-order valence-corrected chi connectivity index (χ0v) is 33.7. The van der Waals surface area contributed by atoms with Gasteiger partial charge < -0.3 is 19.3 Å². The molecule has 2 N–H and O–H groups in total. The highest BCUT2D eigenvalue weighted by Gasteiger charge is 2.31. The van der Waals surface area contributed by atoms with Crippen molar-refractivity contribution >= 4 is 19.8 Å². The molecule has 2 atom stereocenters. The molecule has 0 fully saturated rings. The van der Waals surface area contributed by atoms with Crippen molar-refractivity contribution in [2.24, 2.45) is 5.11 Å². The van der Waals surface area contributed by atoms with Crippen LogP contribution in [0.3, 0.4) is 0 Å². The van der Waals surface area contributed by atoms with Crippen molar-refractivity contribution in [2.45, 2.75) is 206 Å². The number of carbonyl (C=O) groups excluding carboxylic acids is 2. The van der Waals surface area contributed by atoms with Crippen LogP contribution in [0.5, 0.6) is 0 Å². The van der Waals surface area contributed by atoms with E-state index in [1.165, 1.54) is 89.9 Å². The van der Waals surface area contributed by atoms with Crippen LogP contribution in [-0.2, 0) is 28.2 Å². The van der Waals surface area contributed by atoms with Crippen LogP contribution in [0.1, 0.15) is 194 Å². The van der Waals surface area contributed by atoms with Gasteiger partial charge in [0.15, 0.2) is 6.10 Å². The summed E-state index contributed by atoms with van der Waals surface area (Å²) >= 11 is 0. The Kier molecular flexibility index (Phi) is 35.6. The number of phosphoric acid groups is 1. The highest BCUT2D eigenvalue weighted by Crippen LogP contribution is 2.36. The smallest absolute Gasteiger partial charge is 0.458 e. The number of rotatable bonds is 38. The van der Waals surface area contributed by atoms with Crippen LogP contribution in [-0.4, -0.2) is 47.1 Å². The van der Waals surface area contributed by atoms with Crippen LogP contribution >= 0.6 is 7.82 Å². The van der Waals surface area contributed by atoms with Crippen molar-refractivity contribution in [3.05, 3.63) is 34.7 Å². The second kappa shape index (κ2) is 37.2. The van der Waals surface area contributed by atoms with Crippen LogP contribution in [0.2, 0.25) is 0 Å². The van der Waals surface area contributed by atoms with Gasteiger partial charge in [0.1, 0.15) is 6.10 Å². The quantitative estimate of drug-likeness (QED) is 0.0119. The van der Waals surface area contributed by atoms with Crippen molar-refractivity contribution in [1.29, 1.82) is 0 Å². The van der Waals surface area contributed by atoms with Gasteiger partial charge >= 0.3 is 19.8 Å². The van der Waals surface area contributed by atoms with Gasteiger partial charge in [-0.25, -0.2) is 4.57 Å². The largest absolute Gasteiger partial charge is 0.469 e. The number of hydrogen-bond donors (Lipinski definition) is 2. The number of ether oxygens (including phenoxy) is 2. The summed E-state index contributed by atoms with van der Waals surface area (Å²) < 4.78 is 27.0. The summed E-state index contributed by atoms with van der Waals surface area (Å²) in [6, 6.07) is 0. The molecular weight excluding hydrogens is 681 g/mol. The minimum atomic E-state index is -4.91. The summed E-state index contributed by atoms with van der Waals surface area (Å²) in [6.07, 6.45) is 36.1. The molecule has 0 aromatic rings. The van der Waals surface area contributed by atoms with Crippen molar-refractivity contribution in [3.8, 4) is 0 Å². The number of carbonyl (C=O) groups is 2. The van der Waals surface area contributed by atoms with Gasteiger partial charge in [-0.05, 0) is 50.5 Å². The number of allylic oxidation sites excluding steroid dienone is 4. The predicted molar refractivity (Wildman–Crippen MR) is 211 cm³/mol. The first-order valence-electron chi connectivity index (χ1n) is 20.6. The molecule has 2 unspecified atom stereocenters. The van der Waals surface area contributed by atoms with E-state index in [1.807, 2.05) is 0 Å². The molecular formula is C40H74N3O8P. The second-order valence-electron chi connectivity index (χ2n) is 13.9. The average Bonchev–Trinajstić information content (AvgIpc) is 3.11. The maximum Gasteiger partial charge on any atom is 0.469 e. The summed E-state index contributed by atoms with van der Waals surface area (Å²) in [6.45, 7) is 3.38. The van der Waals surface area contributed by atoms with E-state index in [-0.39, 0.29) is 19.4 Å². The van der Waals surface area contributed by atoms with Crippen molar-refractivity contribution in [3.63, 3.8) is 0 Å². The fraction of sp³-hybridized carbons (Fsp3) is 0.850. The van der Waals surface area contributed by atoms with E-state index in [4.69, 9.17) is 15.0 Å². The van der Waals surface area contributed by atoms with E-state index in [9.17, 15) is 23.9 Å². The highest BCUT2D eigenvalue weighted by molar-refractivity contribution is 7.46. The lowest BCUT2D eigenvalue weighted by molar-refractivity contribution is -0.170. The highest BCUT2D eigenvalue weighted by atomic mass is 31.2. The summed E-state index contributed by atoms with van der Waals surface area (Å²) in [4.78, 5) is 46.6. The van der Waals surface area contributed by atoms with Crippen LogP contribution in [0.4, 0.5) is 0 Å². The third-order valence-electron chi connectivity index (χ3n) is 9.03. The molecule has 0 amide bonds. The number of nitrogens with zero attached hydrogens (tertiary/aromatic N) is 3. The summed E-state index contributed by atoms with van der Waals surface area (Å²) in [5.41, 5.74) is 8.87. The van der Waals surface area contributed by atoms with Crippen LogP contribution in [0.15, 0.2) is 29.4 Å². The van der Waals surface area contributed by atoms with Crippen molar-refractivity contribution < 1.29 is 37.9 Å². The summed E-state index contributed by atoms with van der Waals surface area (Å²) in [5.74, 6) is -1.16. The minimum absolute atomic E-state index is 0.0954. The maximum atomic E-state index is 12.7. The number of hydrogen-bond acceptors (Lipinski definition) is 7. The zero-order chi connectivity index (χ0) is 38.4. The first-order chi connectivity index (χ1) is 25.2. The monoisotopic (exact) mass is 756 g/mol. The number of unbranched alkanes of at least 4 members (excludes halogenated alkanes) is 22. The van der Waals surface area contributed by atoms with Crippen LogP contribution in [0, 0.1) is 0 Å². The zero-order valence-electron chi connectivity index (χ0n) is 32.8. The van der Waals surface area contributed by atoms with E-state index in [1.54, 1.807) is 0 Å². The molecule has 0 radical (unpaired) electrons. The molecule has 0 aliphatic carbocycles. The van der Waals surface area contributed by atoms with Crippen LogP contribution < -0.4 is 0 Å². The number of phosphoric ester groups is 1. The molecule has 0 saturated heterocycles. The molecule has 0 spiro atoms. The Labute approximate surface area is 316 Å².